The van der Waals surface area contributed by atoms with E-state index in [0.717, 1.165) is 16.7 Å². The van der Waals surface area contributed by atoms with E-state index in [-0.39, 0.29) is 15.7 Å². The molecule has 0 radical (unpaired) electrons. The number of hydrogen-bond acceptors (Lipinski definition) is 5. The van der Waals surface area contributed by atoms with Crippen molar-refractivity contribution < 1.29 is 23.9 Å². The molecule has 2 heterocycles. The summed E-state index contributed by atoms with van der Waals surface area (Å²) >= 11 is 0.855. The van der Waals surface area contributed by atoms with Gasteiger partial charge >= 0.3 is 5.97 Å². The highest BCUT2D eigenvalue weighted by Crippen LogP contribution is 2.36. The summed E-state index contributed by atoms with van der Waals surface area (Å²) in [6.45, 7) is 0. The van der Waals surface area contributed by atoms with E-state index < -0.39 is 11.9 Å². The van der Waals surface area contributed by atoms with E-state index in [4.69, 9.17) is 9.52 Å². The lowest BCUT2D eigenvalue weighted by Gasteiger charge is -2.11. The minimum atomic E-state index is -0.999. The van der Waals surface area contributed by atoms with Crippen LogP contribution in [0, 0.1) is 0 Å². The highest BCUT2D eigenvalue weighted by molar-refractivity contribution is 8.19. The second kappa shape index (κ2) is 7.21. The van der Waals surface area contributed by atoms with Gasteiger partial charge in [0.05, 0.1) is 16.2 Å². The first-order chi connectivity index (χ1) is 13.5. The molecule has 0 aliphatic carbocycles. The van der Waals surface area contributed by atoms with Crippen molar-refractivity contribution in [2.75, 3.05) is 4.90 Å². The van der Waals surface area contributed by atoms with Gasteiger partial charge in [-0.1, -0.05) is 30.3 Å². The molecule has 6 nitrogen and oxygen atoms in total. The number of carbonyl (C=O) groups is 3. The largest absolute Gasteiger partial charge is 0.478 e. The van der Waals surface area contributed by atoms with E-state index in [0.29, 0.717) is 22.8 Å². The predicted octanol–water partition coefficient (Wildman–Crippen LogP) is 4.89. The van der Waals surface area contributed by atoms with E-state index in [2.05, 4.69) is 0 Å². The average molecular weight is 391 g/mol. The third-order valence-corrected chi connectivity index (χ3v) is 4.99. The number of nitrogens with zero attached hydrogens (tertiary/aromatic N) is 1. The number of anilines is 1. The first kappa shape index (κ1) is 17.8. The third-order valence-electron chi connectivity index (χ3n) is 4.12. The van der Waals surface area contributed by atoms with E-state index in [1.807, 2.05) is 6.07 Å². The van der Waals surface area contributed by atoms with Gasteiger partial charge in [0.1, 0.15) is 11.5 Å². The minimum absolute atomic E-state index is 0.185. The van der Waals surface area contributed by atoms with Gasteiger partial charge < -0.3 is 9.52 Å². The van der Waals surface area contributed by atoms with Gasteiger partial charge in [-0.2, -0.15) is 0 Å². The van der Waals surface area contributed by atoms with Crippen molar-refractivity contribution in [3.8, 4) is 11.3 Å². The number of benzene rings is 2. The Labute approximate surface area is 164 Å². The molecule has 7 heteroatoms. The maximum absolute atomic E-state index is 12.6. The van der Waals surface area contributed by atoms with Crippen LogP contribution >= 0.6 is 11.8 Å². The number of furan rings is 1. The fraction of sp³-hybridized carbons (Fsp3) is 0. The summed E-state index contributed by atoms with van der Waals surface area (Å²) in [6.07, 6.45) is 1.53. The molecule has 1 aliphatic rings. The molecule has 28 heavy (non-hydrogen) atoms. The summed E-state index contributed by atoms with van der Waals surface area (Å²) in [7, 11) is 0. The summed E-state index contributed by atoms with van der Waals surface area (Å²) in [5.74, 6) is -0.438. The molecule has 1 fully saturated rings. The normalized spacial score (nSPS) is 15.4. The SMILES string of the molecule is O=C(O)c1ccc(-c2ccc(/C=C3/SC(=O)N(c4ccccc4)C3=O)o2)cc1. The Bertz CT molecular complexity index is 1100. The molecule has 2 aromatic carbocycles. The molecule has 1 aliphatic heterocycles. The molecule has 0 atom stereocenters. The van der Waals surface area contributed by atoms with Crippen molar-refractivity contribution in [2.24, 2.45) is 0 Å². The van der Waals surface area contributed by atoms with Crippen molar-refractivity contribution in [2.45, 2.75) is 0 Å². The van der Waals surface area contributed by atoms with E-state index in [1.54, 1.807) is 48.5 Å². The van der Waals surface area contributed by atoms with Crippen LogP contribution in [0.3, 0.4) is 0 Å². The second-order valence-corrected chi connectivity index (χ2v) is 6.93. The lowest BCUT2D eigenvalue weighted by Crippen LogP contribution is -2.27. The van der Waals surface area contributed by atoms with Crippen LogP contribution in [0.15, 0.2) is 76.1 Å². The Morgan fingerprint density at radius 1 is 0.964 bits per heavy atom. The number of rotatable bonds is 4. The quantitative estimate of drug-likeness (QED) is 0.638. The van der Waals surface area contributed by atoms with Crippen LogP contribution < -0.4 is 4.90 Å². The van der Waals surface area contributed by atoms with Gasteiger partial charge in [0.25, 0.3) is 11.1 Å². The van der Waals surface area contributed by atoms with Crippen LogP contribution in [0.2, 0.25) is 0 Å². The van der Waals surface area contributed by atoms with Crippen LogP contribution in [0.25, 0.3) is 17.4 Å². The number of aromatic carboxylic acids is 1. The van der Waals surface area contributed by atoms with E-state index >= 15 is 0 Å². The molecular formula is C21H13NO5S. The van der Waals surface area contributed by atoms with Crippen molar-refractivity contribution in [1.29, 1.82) is 0 Å². The van der Waals surface area contributed by atoms with Crippen LogP contribution in [0.1, 0.15) is 16.1 Å². The molecule has 0 saturated carbocycles. The van der Waals surface area contributed by atoms with Crippen LogP contribution in [-0.4, -0.2) is 22.2 Å². The van der Waals surface area contributed by atoms with Gasteiger partial charge in [-0.15, -0.1) is 0 Å². The lowest BCUT2D eigenvalue weighted by atomic mass is 10.1. The Morgan fingerprint density at radius 3 is 2.36 bits per heavy atom. The highest BCUT2D eigenvalue weighted by Gasteiger charge is 2.36. The van der Waals surface area contributed by atoms with Crippen molar-refractivity contribution in [3.63, 3.8) is 0 Å². The van der Waals surface area contributed by atoms with Crippen LogP contribution in [0.4, 0.5) is 10.5 Å². The Morgan fingerprint density at radius 2 is 1.68 bits per heavy atom. The Kier molecular flexibility index (Phi) is 4.58. The van der Waals surface area contributed by atoms with Crippen molar-refractivity contribution in [3.05, 3.63) is 83.0 Å². The molecule has 3 aromatic rings. The number of amides is 2. The number of para-hydroxylation sites is 1. The number of carbonyl (C=O) groups excluding carboxylic acids is 2. The summed E-state index contributed by atoms with van der Waals surface area (Å²) < 4.78 is 5.74. The standard InChI is InChI=1S/C21H13NO5S/c23-19-18(28-21(26)22(19)15-4-2-1-3-5-15)12-16-10-11-17(27-16)13-6-8-14(9-7-13)20(24)25/h1-12H,(H,24,25)/b18-12+. The summed E-state index contributed by atoms with van der Waals surface area (Å²) in [5.41, 5.74) is 1.42. The van der Waals surface area contributed by atoms with Crippen molar-refractivity contribution in [1.82, 2.24) is 0 Å². The van der Waals surface area contributed by atoms with Gasteiger partial charge in [-0.3, -0.25) is 9.59 Å². The number of carboxylic acid groups (broad SMARTS) is 1. The molecule has 138 valence electrons. The van der Waals surface area contributed by atoms with Crippen molar-refractivity contribution >= 4 is 40.6 Å². The zero-order chi connectivity index (χ0) is 19.7. The highest BCUT2D eigenvalue weighted by atomic mass is 32.2. The lowest BCUT2D eigenvalue weighted by molar-refractivity contribution is -0.113. The fourth-order valence-corrected chi connectivity index (χ4v) is 3.58. The molecule has 1 N–H and O–H groups in total. The number of hydrogen-bond donors (Lipinski definition) is 1. The number of thioether (sulfide) groups is 1. The van der Waals surface area contributed by atoms with E-state index in [1.165, 1.54) is 18.2 Å². The molecule has 4 rings (SSSR count). The zero-order valence-corrected chi connectivity index (χ0v) is 15.2. The summed E-state index contributed by atoms with van der Waals surface area (Å²) in [5, 5.41) is 8.60. The van der Waals surface area contributed by atoms with Gasteiger partial charge in [0, 0.05) is 11.6 Å². The Hall–Kier alpha value is -3.58. The fourth-order valence-electron chi connectivity index (χ4n) is 2.76. The van der Waals surface area contributed by atoms with Crippen LogP contribution in [-0.2, 0) is 4.79 Å². The van der Waals surface area contributed by atoms with Gasteiger partial charge in [0.2, 0.25) is 0 Å². The van der Waals surface area contributed by atoms with Crippen LogP contribution in [0.5, 0.6) is 0 Å². The monoisotopic (exact) mass is 391 g/mol. The smallest absolute Gasteiger partial charge is 0.335 e. The maximum atomic E-state index is 12.6. The zero-order valence-electron chi connectivity index (χ0n) is 14.4. The predicted molar refractivity (Wildman–Crippen MR) is 106 cm³/mol. The van der Waals surface area contributed by atoms with Gasteiger partial charge in [-0.25, -0.2) is 9.69 Å². The molecule has 1 saturated heterocycles. The molecule has 0 spiro atoms. The number of carboxylic acids is 1. The first-order valence-electron chi connectivity index (χ1n) is 8.29. The minimum Gasteiger partial charge on any atom is -0.478 e. The molecule has 2 amide bonds. The first-order valence-corrected chi connectivity index (χ1v) is 9.11. The molecule has 1 aromatic heterocycles. The van der Waals surface area contributed by atoms with Gasteiger partial charge in [-0.05, 0) is 48.2 Å². The molecular weight excluding hydrogens is 378 g/mol. The number of imide groups is 1. The maximum Gasteiger partial charge on any atom is 0.335 e. The summed E-state index contributed by atoms with van der Waals surface area (Å²) in [6, 6.07) is 18.4. The third kappa shape index (κ3) is 3.35. The molecule has 0 unspecified atom stereocenters. The average Bonchev–Trinajstić information content (AvgIpc) is 3.27. The second-order valence-electron chi connectivity index (χ2n) is 5.94. The summed E-state index contributed by atoms with van der Waals surface area (Å²) in [4.78, 5) is 37.2. The molecule has 0 bridgehead atoms. The Balaban J connectivity index is 1.58. The van der Waals surface area contributed by atoms with E-state index in [9.17, 15) is 14.4 Å². The van der Waals surface area contributed by atoms with Gasteiger partial charge in [0.15, 0.2) is 0 Å². The topological polar surface area (TPSA) is 87.8 Å².